The van der Waals surface area contributed by atoms with E-state index in [1.54, 1.807) is 0 Å². The normalized spacial score (nSPS) is 18.7. The average Bonchev–Trinajstić information content (AvgIpc) is 3.04. The van der Waals surface area contributed by atoms with Crippen LogP contribution in [-0.4, -0.2) is 26.4 Å². The number of epoxide rings is 1. The molecule has 1 aliphatic heterocycles. The summed E-state index contributed by atoms with van der Waals surface area (Å²) < 4.78 is 41.0. The molecule has 1 aromatic carbocycles. The van der Waals surface area contributed by atoms with Gasteiger partial charge < -0.3 is 14.2 Å². The van der Waals surface area contributed by atoms with E-state index in [-0.39, 0.29) is 24.2 Å². The quantitative estimate of drug-likeness (QED) is 0.718. The fraction of sp³-hybridized carbons (Fsp3) is 0.400. The van der Waals surface area contributed by atoms with Crippen LogP contribution < -0.4 is 9.47 Å². The van der Waals surface area contributed by atoms with Crippen LogP contribution in [0.3, 0.4) is 0 Å². The van der Waals surface area contributed by atoms with Crippen LogP contribution in [0.5, 0.6) is 11.5 Å². The van der Waals surface area contributed by atoms with Crippen LogP contribution in [0.4, 0.5) is 8.78 Å². The maximum atomic E-state index is 13.3. The Balaban J connectivity index is 2.12. The predicted octanol–water partition coefficient (Wildman–Crippen LogP) is 1.75. The third kappa shape index (κ3) is 2.18. The Morgan fingerprint density at radius 1 is 1.33 bits per heavy atom. The van der Waals surface area contributed by atoms with E-state index < -0.39 is 11.6 Å². The lowest BCUT2D eigenvalue weighted by molar-refractivity contribution is 0.249. The van der Waals surface area contributed by atoms with Gasteiger partial charge >= 0.3 is 0 Å². The zero-order chi connectivity index (χ0) is 10.8. The second kappa shape index (κ2) is 4.02. The van der Waals surface area contributed by atoms with E-state index >= 15 is 0 Å². The molecular weight excluding hydrogens is 206 g/mol. The molecule has 15 heavy (non-hydrogen) atoms. The Hall–Kier alpha value is -1.36. The molecular formula is C10H10F2O3. The topological polar surface area (TPSA) is 31.0 Å². The summed E-state index contributed by atoms with van der Waals surface area (Å²) >= 11 is 0. The average molecular weight is 216 g/mol. The molecule has 2 rings (SSSR count). The smallest absolute Gasteiger partial charge is 0.204 e. The van der Waals surface area contributed by atoms with Crippen LogP contribution in [-0.2, 0) is 4.74 Å². The molecule has 0 spiro atoms. The minimum absolute atomic E-state index is 0.00885. The van der Waals surface area contributed by atoms with Gasteiger partial charge in [0, 0.05) is 0 Å². The highest BCUT2D eigenvalue weighted by molar-refractivity contribution is 5.34. The van der Waals surface area contributed by atoms with Crippen molar-refractivity contribution in [2.75, 3.05) is 20.3 Å². The zero-order valence-electron chi connectivity index (χ0n) is 8.13. The van der Waals surface area contributed by atoms with E-state index in [4.69, 9.17) is 9.47 Å². The van der Waals surface area contributed by atoms with E-state index in [2.05, 4.69) is 4.74 Å². The first-order chi connectivity index (χ1) is 7.22. The number of rotatable bonds is 4. The highest BCUT2D eigenvalue weighted by Gasteiger charge is 2.24. The second-order valence-corrected chi connectivity index (χ2v) is 3.16. The molecule has 1 fully saturated rings. The van der Waals surface area contributed by atoms with Gasteiger partial charge in [0.2, 0.25) is 11.6 Å². The molecule has 0 amide bonds. The van der Waals surface area contributed by atoms with Crippen molar-refractivity contribution in [3.8, 4) is 11.5 Å². The van der Waals surface area contributed by atoms with Crippen LogP contribution in [0.15, 0.2) is 12.1 Å². The van der Waals surface area contributed by atoms with E-state index in [1.165, 1.54) is 19.2 Å². The van der Waals surface area contributed by atoms with Crippen molar-refractivity contribution in [2.45, 2.75) is 6.10 Å². The summed E-state index contributed by atoms with van der Waals surface area (Å²) in [5.41, 5.74) is 0. The number of benzene rings is 1. The molecule has 82 valence electrons. The number of halogens is 2. The summed E-state index contributed by atoms with van der Waals surface area (Å²) in [6, 6.07) is 2.65. The molecule has 1 aromatic rings. The van der Waals surface area contributed by atoms with Crippen molar-refractivity contribution in [1.82, 2.24) is 0 Å². The van der Waals surface area contributed by atoms with Crippen molar-refractivity contribution >= 4 is 0 Å². The van der Waals surface area contributed by atoms with Crippen LogP contribution >= 0.6 is 0 Å². The minimum Gasteiger partial charge on any atom is -0.494 e. The molecule has 0 bridgehead atoms. The second-order valence-electron chi connectivity index (χ2n) is 3.16. The van der Waals surface area contributed by atoms with Gasteiger partial charge in [-0.05, 0) is 12.1 Å². The molecule has 0 saturated carbocycles. The van der Waals surface area contributed by atoms with Gasteiger partial charge in [0.15, 0.2) is 11.5 Å². The van der Waals surface area contributed by atoms with Crippen molar-refractivity contribution in [1.29, 1.82) is 0 Å². The SMILES string of the molecule is COc1ccc(OCC2CO2)c(F)c1F. The molecule has 0 aromatic heterocycles. The maximum absolute atomic E-state index is 13.3. The van der Waals surface area contributed by atoms with Crippen molar-refractivity contribution in [3.63, 3.8) is 0 Å². The van der Waals surface area contributed by atoms with Crippen LogP contribution in [0.2, 0.25) is 0 Å². The van der Waals surface area contributed by atoms with Gasteiger partial charge in [-0.3, -0.25) is 0 Å². The third-order valence-electron chi connectivity index (χ3n) is 2.06. The maximum Gasteiger partial charge on any atom is 0.204 e. The van der Waals surface area contributed by atoms with Gasteiger partial charge in [-0.2, -0.15) is 8.78 Å². The lowest BCUT2D eigenvalue weighted by Gasteiger charge is -2.08. The lowest BCUT2D eigenvalue weighted by atomic mass is 10.3. The van der Waals surface area contributed by atoms with E-state index in [0.29, 0.717) is 6.61 Å². The van der Waals surface area contributed by atoms with Crippen molar-refractivity contribution in [3.05, 3.63) is 23.8 Å². The molecule has 0 N–H and O–H groups in total. The van der Waals surface area contributed by atoms with Crippen LogP contribution in [0.1, 0.15) is 0 Å². The Morgan fingerprint density at radius 3 is 2.53 bits per heavy atom. The van der Waals surface area contributed by atoms with Crippen LogP contribution in [0, 0.1) is 11.6 Å². The number of hydrogen-bond donors (Lipinski definition) is 0. The molecule has 0 aliphatic carbocycles. The molecule has 1 aliphatic rings. The number of methoxy groups -OCH3 is 1. The first-order valence-electron chi connectivity index (χ1n) is 4.48. The monoisotopic (exact) mass is 216 g/mol. The van der Waals surface area contributed by atoms with Crippen LogP contribution in [0.25, 0.3) is 0 Å². The van der Waals surface area contributed by atoms with E-state index in [9.17, 15) is 8.78 Å². The van der Waals surface area contributed by atoms with Crippen molar-refractivity contribution in [2.24, 2.45) is 0 Å². The highest BCUT2D eigenvalue weighted by atomic mass is 19.2. The summed E-state index contributed by atoms with van der Waals surface area (Å²) in [4.78, 5) is 0. The number of hydrogen-bond acceptors (Lipinski definition) is 3. The van der Waals surface area contributed by atoms with E-state index in [0.717, 1.165) is 0 Å². The Labute approximate surface area is 85.6 Å². The number of ether oxygens (including phenoxy) is 3. The molecule has 5 heteroatoms. The Morgan fingerprint density at radius 2 is 1.93 bits per heavy atom. The predicted molar refractivity (Wildman–Crippen MR) is 48.1 cm³/mol. The molecule has 1 saturated heterocycles. The van der Waals surface area contributed by atoms with E-state index in [1.807, 2.05) is 0 Å². The first-order valence-corrected chi connectivity index (χ1v) is 4.48. The molecule has 1 heterocycles. The molecule has 1 atom stereocenters. The fourth-order valence-corrected chi connectivity index (χ4v) is 1.13. The van der Waals surface area contributed by atoms with Gasteiger partial charge in [0.1, 0.15) is 12.7 Å². The zero-order valence-corrected chi connectivity index (χ0v) is 8.13. The Bertz CT molecular complexity index is 364. The standard InChI is InChI=1S/C10H10F2O3/c1-13-7-2-3-8(10(12)9(7)11)15-5-6-4-14-6/h2-3,6H,4-5H2,1H3. The Kier molecular flexibility index (Phi) is 2.73. The molecule has 0 radical (unpaired) electrons. The van der Waals surface area contributed by atoms with Gasteiger partial charge in [-0.15, -0.1) is 0 Å². The lowest BCUT2D eigenvalue weighted by Crippen LogP contribution is -2.06. The summed E-state index contributed by atoms with van der Waals surface area (Å²) in [5, 5.41) is 0. The molecule has 3 nitrogen and oxygen atoms in total. The summed E-state index contributed by atoms with van der Waals surface area (Å²) in [7, 11) is 1.27. The first kappa shape index (κ1) is 10.2. The minimum atomic E-state index is -1.04. The van der Waals surface area contributed by atoms with Gasteiger partial charge in [-0.25, -0.2) is 0 Å². The third-order valence-corrected chi connectivity index (χ3v) is 2.06. The molecule has 1 unspecified atom stereocenters. The summed E-state index contributed by atoms with van der Waals surface area (Å²) in [6.45, 7) is 0.850. The highest BCUT2D eigenvalue weighted by Crippen LogP contribution is 2.27. The summed E-state index contributed by atoms with van der Waals surface area (Å²) in [5.74, 6) is -2.33. The van der Waals surface area contributed by atoms with Gasteiger partial charge in [0.25, 0.3) is 0 Å². The van der Waals surface area contributed by atoms with Gasteiger partial charge in [0.05, 0.1) is 13.7 Å². The largest absolute Gasteiger partial charge is 0.494 e. The fourth-order valence-electron chi connectivity index (χ4n) is 1.13. The summed E-state index contributed by atoms with van der Waals surface area (Å²) in [6.07, 6.45) is 0.00885. The van der Waals surface area contributed by atoms with Crippen molar-refractivity contribution < 1.29 is 23.0 Å². The van der Waals surface area contributed by atoms with Gasteiger partial charge in [-0.1, -0.05) is 0 Å².